The normalized spacial score (nSPS) is 11.0. The zero-order valence-electron chi connectivity index (χ0n) is 13.8. The number of carbonyl (C=O) groups excluding carboxylic acids is 1. The van der Waals surface area contributed by atoms with E-state index >= 15 is 0 Å². The van der Waals surface area contributed by atoms with E-state index in [1.807, 2.05) is 40.8 Å². The molecule has 4 aromatic rings. The van der Waals surface area contributed by atoms with Crippen LogP contribution in [0.4, 0.5) is 0 Å². The molecule has 0 radical (unpaired) electrons. The zero-order valence-corrected chi connectivity index (χ0v) is 14.6. The van der Waals surface area contributed by atoms with Gasteiger partial charge in [0.1, 0.15) is 12.0 Å². The quantitative estimate of drug-likeness (QED) is 0.518. The Bertz CT molecular complexity index is 1090. The number of hydrogen-bond acceptors (Lipinski definition) is 5. The maximum absolute atomic E-state index is 11.9. The molecule has 0 bridgehead atoms. The molecule has 0 aliphatic carbocycles. The summed E-state index contributed by atoms with van der Waals surface area (Å²) in [5.41, 5.74) is 3.34. The summed E-state index contributed by atoms with van der Waals surface area (Å²) in [7, 11) is 1.31. The van der Waals surface area contributed by atoms with Crippen LogP contribution in [0.15, 0.2) is 55.0 Å². The summed E-state index contributed by atoms with van der Waals surface area (Å²) >= 11 is 6.17. The summed E-state index contributed by atoms with van der Waals surface area (Å²) in [5.74, 6) is -0.417. The molecule has 4 rings (SSSR count). The van der Waals surface area contributed by atoms with Gasteiger partial charge in [0, 0.05) is 11.8 Å². The van der Waals surface area contributed by atoms with Gasteiger partial charge < -0.3 is 4.74 Å². The summed E-state index contributed by atoms with van der Waals surface area (Å²) in [6.45, 7) is 0.288. The number of carbonyl (C=O) groups is 1. The highest BCUT2D eigenvalue weighted by atomic mass is 35.5. The molecule has 8 heteroatoms. The minimum Gasteiger partial charge on any atom is -0.463 e. The van der Waals surface area contributed by atoms with E-state index in [0.717, 1.165) is 22.6 Å². The summed E-state index contributed by atoms with van der Waals surface area (Å²) in [5, 5.41) is 4.74. The van der Waals surface area contributed by atoms with Crippen molar-refractivity contribution >= 4 is 23.2 Å². The van der Waals surface area contributed by atoms with E-state index in [2.05, 4.69) is 10.1 Å². The highest BCUT2D eigenvalue weighted by molar-refractivity contribution is 6.30. The number of rotatable bonds is 4. The first-order valence-electron chi connectivity index (χ1n) is 7.85. The molecule has 0 spiro atoms. The van der Waals surface area contributed by atoms with Crippen LogP contribution in [0.25, 0.3) is 16.9 Å². The molecular formula is C18H14ClN5O2. The average Bonchev–Trinajstić information content (AvgIpc) is 3.27. The fourth-order valence-corrected chi connectivity index (χ4v) is 2.98. The monoisotopic (exact) mass is 367 g/mol. The van der Waals surface area contributed by atoms with Crippen molar-refractivity contribution in [1.82, 2.24) is 24.1 Å². The first kappa shape index (κ1) is 16.3. The van der Waals surface area contributed by atoms with E-state index in [4.69, 9.17) is 21.3 Å². The standard InChI is InChI=1S/C18H14ClN5O2/c1-26-18(25)17-20-11-21-24(17)10-14-16(12-5-3-2-4-6-12)22-15-8-7-13(19)9-23(14)15/h2-9,11H,10H2,1H3. The molecule has 0 aliphatic heterocycles. The Hall–Kier alpha value is -3.19. The van der Waals surface area contributed by atoms with E-state index < -0.39 is 5.97 Å². The van der Waals surface area contributed by atoms with E-state index in [0.29, 0.717) is 5.02 Å². The van der Waals surface area contributed by atoms with Gasteiger partial charge in [-0.25, -0.2) is 19.4 Å². The van der Waals surface area contributed by atoms with Crippen LogP contribution in [0, 0.1) is 0 Å². The summed E-state index contributed by atoms with van der Waals surface area (Å²) in [6, 6.07) is 13.4. The Morgan fingerprint density at radius 3 is 2.77 bits per heavy atom. The minimum atomic E-state index is -0.546. The van der Waals surface area contributed by atoms with Gasteiger partial charge in [0.2, 0.25) is 5.82 Å². The maximum atomic E-state index is 11.9. The Labute approximate surface area is 153 Å². The topological polar surface area (TPSA) is 74.3 Å². The Balaban J connectivity index is 1.89. The molecule has 0 unspecified atom stereocenters. The number of halogens is 1. The van der Waals surface area contributed by atoms with Gasteiger partial charge in [0.25, 0.3) is 0 Å². The summed E-state index contributed by atoms with van der Waals surface area (Å²) in [4.78, 5) is 20.6. The van der Waals surface area contributed by atoms with Crippen LogP contribution in [-0.2, 0) is 11.3 Å². The molecular weight excluding hydrogens is 354 g/mol. The minimum absolute atomic E-state index is 0.128. The van der Waals surface area contributed by atoms with E-state index in [1.54, 1.807) is 12.3 Å². The fraction of sp³-hybridized carbons (Fsp3) is 0.111. The van der Waals surface area contributed by atoms with Crippen LogP contribution in [0.2, 0.25) is 5.02 Å². The molecule has 0 atom stereocenters. The fourth-order valence-electron chi connectivity index (χ4n) is 2.82. The maximum Gasteiger partial charge on any atom is 0.375 e. The average molecular weight is 368 g/mol. The number of fused-ring (bicyclic) bond motifs is 1. The number of imidazole rings is 1. The van der Waals surface area contributed by atoms with Gasteiger partial charge in [-0.3, -0.25) is 4.40 Å². The van der Waals surface area contributed by atoms with E-state index in [-0.39, 0.29) is 12.4 Å². The molecule has 7 nitrogen and oxygen atoms in total. The van der Waals surface area contributed by atoms with E-state index in [1.165, 1.54) is 18.1 Å². The molecule has 0 amide bonds. The van der Waals surface area contributed by atoms with E-state index in [9.17, 15) is 4.79 Å². The van der Waals surface area contributed by atoms with Crippen LogP contribution < -0.4 is 0 Å². The van der Waals surface area contributed by atoms with Crippen LogP contribution in [0.3, 0.4) is 0 Å². The second-order valence-corrected chi connectivity index (χ2v) is 6.02. The molecule has 0 fully saturated rings. The lowest BCUT2D eigenvalue weighted by Crippen LogP contribution is -2.15. The predicted molar refractivity (Wildman–Crippen MR) is 96.1 cm³/mol. The number of aromatic nitrogens is 5. The summed E-state index contributed by atoms with van der Waals surface area (Å²) in [6.07, 6.45) is 3.12. The molecule has 130 valence electrons. The van der Waals surface area contributed by atoms with Crippen LogP contribution in [0.5, 0.6) is 0 Å². The van der Waals surface area contributed by atoms with Gasteiger partial charge in [-0.15, -0.1) is 0 Å². The number of esters is 1. The van der Waals surface area contributed by atoms with Crippen molar-refractivity contribution in [2.24, 2.45) is 0 Å². The van der Waals surface area contributed by atoms with Gasteiger partial charge in [0.05, 0.1) is 30.1 Å². The van der Waals surface area contributed by atoms with Crippen molar-refractivity contribution in [3.05, 3.63) is 71.5 Å². The van der Waals surface area contributed by atoms with Gasteiger partial charge in [0.15, 0.2) is 0 Å². The van der Waals surface area contributed by atoms with Gasteiger partial charge in [-0.05, 0) is 12.1 Å². The molecule has 0 saturated heterocycles. The van der Waals surface area contributed by atoms with Gasteiger partial charge in [-0.1, -0.05) is 41.9 Å². The lowest BCUT2D eigenvalue weighted by atomic mass is 10.1. The largest absolute Gasteiger partial charge is 0.463 e. The van der Waals surface area contributed by atoms with Gasteiger partial charge in [-0.2, -0.15) is 5.10 Å². The van der Waals surface area contributed by atoms with Crippen LogP contribution in [-0.4, -0.2) is 37.2 Å². The number of hydrogen-bond donors (Lipinski definition) is 0. The molecule has 26 heavy (non-hydrogen) atoms. The zero-order chi connectivity index (χ0) is 18.1. The van der Waals surface area contributed by atoms with Crippen molar-refractivity contribution in [3.8, 4) is 11.3 Å². The van der Waals surface area contributed by atoms with Crippen molar-refractivity contribution in [2.45, 2.75) is 6.54 Å². The predicted octanol–water partition coefficient (Wildman–Crippen LogP) is 3.08. The SMILES string of the molecule is COC(=O)c1ncnn1Cc1c(-c2ccccc2)nc2ccc(Cl)cn12. The van der Waals surface area contributed by atoms with Crippen LogP contribution in [0.1, 0.15) is 16.3 Å². The highest BCUT2D eigenvalue weighted by Gasteiger charge is 2.19. The van der Waals surface area contributed by atoms with Crippen molar-refractivity contribution in [3.63, 3.8) is 0 Å². The molecule has 0 saturated carbocycles. The number of methoxy groups -OCH3 is 1. The second-order valence-electron chi connectivity index (χ2n) is 5.58. The number of ether oxygens (including phenoxy) is 1. The van der Waals surface area contributed by atoms with Crippen molar-refractivity contribution in [1.29, 1.82) is 0 Å². The Morgan fingerprint density at radius 2 is 2.00 bits per heavy atom. The first-order chi connectivity index (χ1) is 12.7. The van der Waals surface area contributed by atoms with Gasteiger partial charge >= 0.3 is 5.97 Å². The third-order valence-corrected chi connectivity index (χ3v) is 4.24. The van der Waals surface area contributed by atoms with Crippen molar-refractivity contribution < 1.29 is 9.53 Å². The smallest absolute Gasteiger partial charge is 0.375 e. The van der Waals surface area contributed by atoms with Crippen LogP contribution >= 0.6 is 11.6 Å². The number of nitrogens with zero attached hydrogens (tertiary/aromatic N) is 5. The second kappa shape index (κ2) is 6.61. The molecule has 3 heterocycles. The van der Waals surface area contributed by atoms with Crippen molar-refractivity contribution in [2.75, 3.05) is 7.11 Å². The Morgan fingerprint density at radius 1 is 1.19 bits per heavy atom. The summed E-state index contributed by atoms with van der Waals surface area (Å²) < 4.78 is 8.16. The molecule has 0 aliphatic rings. The highest BCUT2D eigenvalue weighted by Crippen LogP contribution is 2.26. The lowest BCUT2D eigenvalue weighted by molar-refractivity contribution is 0.0580. The Kier molecular flexibility index (Phi) is 4.14. The molecule has 3 aromatic heterocycles. The lowest BCUT2D eigenvalue weighted by Gasteiger charge is -2.08. The molecule has 0 N–H and O–H groups in total. The first-order valence-corrected chi connectivity index (χ1v) is 8.23. The number of pyridine rings is 1. The third-order valence-electron chi connectivity index (χ3n) is 4.01. The third kappa shape index (κ3) is 2.82. The number of benzene rings is 1. The molecule has 1 aromatic carbocycles.